The van der Waals surface area contributed by atoms with Crippen LogP contribution in [0.3, 0.4) is 0 Å². The number of hydrogen-bond acceptors (Lipinski definition) is 4. The van der Waals surface area contributed by atoms with Gasteiger partial charge in [-0.1, -0.05) is 49.2 Å². The molecule has 204 valence electrons. The molecule has 0 spiro atoms. The Balaban J connectivity index is 1.24. The lowest BCUT2D eigenvalue weighted by Crippen LogP contribution is -2.53. The molecule has 1 aliphatic heterocycles. The van der Waals surface area contributed by atoms with Crippen molar-refractivity contribution in [3.05, 3.63) is 71.3 Å². The fourth-order valence-electron chi connectivity index (χ4n) is 5.34. The van der Waals surface area contributed by atoms with E-state index in [4.69, 9.17) is 0 Å². The molecule has 0 bridgehead atoms. The molecule has 38 heavy (non-hydrogen) atoms. The molecule has 2 aromatic carbocycles. The van der Waals surface area contributed by atoms with Crippen molar-refractivity contribution in [1.82, 2.24) is 20.9 Å². The summed E-state index contributed by atoms with van der Waals surface area (Å²) in [6.45, 7) is 1.10. The van der Waals surface area contributed by atoms with Crippen LogP contribution in [0.1, 0.15) is 53.6 Å². The van der Waals surface area contributed by atoms with Crippen molar-refractivity contribution >= 4 is 17.7 Å². The highest BCUT2D eigenvalue weighted by atomic mass is 19.4. The molecule has 2 fully saturated rings. The van der Waals surface area contributed by atoms with Crippen molar-refractivity contribution < 1.29 is 27.6 Å². The topological polar surface area (TPSA) is 90.5 Å². The number of nitrogens with zero attached hydrogens (tertiary/aromatic N) is 1. The minimum absolute atomic E-state index is 0.00802. The van der Waals surface area contributed by atoms with Gasteiger partial charge in [0.05, 0.1) is 18.5 Å². The number of hydrogen-bond donors (Lipinski definition) is 3. The van der Waals surface area contributed by atoms with Crippen molar-refractivity contribution in [3.8, 4) is 0 Å². The van der Waals surface area contributed by atoms with E-state index in [1.54, 1.807) is 0 Å². The normalized spacial score (nSPS) is 22.0. The minimum Gasteiger partial charge on any atom is -0.352 e. The Morgan fingerprint density at radius 1 is 0.895 bits per heavy atom. The zero-order valence-electron chi connectivity index (χ0n) is 21.1. The van der Waals surface area contributed by atoms with Crippen LogP contribution in [0, 0.1) is 0 Å². The summed E-state index contributed by atoms with van der Waals surface area (Å²) in [6, 6.07) is 13.9. The zero-order chi connectivity index (χ0) is 27.1. The van der Waals surface area contributed by atoms with Crippen LogP contribution in [0.4, 0.5) is 13.2 Å². The van der Waals surface area contributed by atoms with Gasteiger partial charge in [-0.3, -0.25) is 19.3 Å². The van der Waals surface area contributed by atoms with Crippen molar-refractivity contribution in [2.45, 2.75) is 62.8 Å². The average Bonchev–Trinajstić information content (AvgIpc) is 3.36. The van der Waals surface area contributed by atoms with E-state index in [9.17, 15) is 27.6 Å². The van der Waals surface area contributed by atoms with Gasteiger partial charge in [-0.15, -0.1) is 0 Å². The Morgan fingerprint density at radius 3 is 2.42 bits per heavy atom. The lowest BCUT2D eigenvalue weighted by Gasteiger charge is -2.38. The second kappa shape index (κ2) is 12.4. The number of carbonyl (C=O) groups excluding carboxylic acids is 3. The number of carbonyl (C=O) groups is 3. The van der Waals surface area contributed by atoms with Crippen LogP contribution >= 0.6 is 0 Å². The fraction of sp³-hybridized carbons (Fsp3) is 0.464. The number of nitrogens with one attached hydrogen (secondary N) is 3. The van der Waals surface area contributed by atoms with Gasteiger partial charge in [0.2, 0.25) is 11.8 Å². The van der Waals surface area contributed by atoms with Crippen LogP contribution in [-0.4, -0.2) is 60.4 Å². The summed E-state index contributed by atoms with van der Waals surface area (Å²) >= 11 is 0. The molecule has 1 saturated heterocycles. The molecule has 2 aliphatic rings. The molecule has 0 aromatic heterocycles. The minimum atomic E-state index is -4.55. The molecular weight excluding hydrogens is 497 g/mol. The third kappa shape index (κ3) is 7.56. The van der Waals surface area contributed by atoms with E-state index in [0.717, 1.165) is 62.4 Å². The van der Waals surface area contributed by atoms with Gasteiger partial charge in [0.1, 0.15) is 0 Å². The number of rotatable bonds is 8. The summed E-state index contributed by atoms with van der Waals surface area (Å²) in [7, 11) is 0. The highest BCUT2D eigenvalue weighted by Gasteiger charge is 2.36. The Hall–Kier alpha value is -3.40. The number of amides is 3. The SMILES string of the molecule is O=C(Cc1ccccc1)NC1CCCC[C@@H]1N1CC[C@@H](NC(=O)CNC(=O)c2cccc(C(F)(F)F)c2)C1. The highest BCUT2D eigenvalue weighted by Crippen LogP contribution is 2.29. The monoisotopic (exact) mass is 530 g/mol. The van der Waals surface area contributed by atoms with E-state index in [0.29, 0.717) is 13.0 Å². The third-order valence-corrected chi connectivity index (χ3v) is 7.20. The average molecular weight is 531 g/mol. The second-order valence-electron chi connectivity index (χ2n) is 10.00. The molecule has 4 rings (SSSR count). The van der Waals surface area contributed by atoms with E-state index in [2.05, 4.69) is 20.9 Å². The van der Waals surface area contributed by atoms with Gasteiger partial charge in [0, 0.05) is 36.8 Å². The maximum absolute atomic E-state index is 12.9. The first kappa shape index (κ1) is 27.6. The Morgan fingerprint density at radius 2 is 1.66 bits per heavy atom. The Labute approximate surface area is 220 Å². The largest absolute Gasteiger partial charge is 0.416 e. The fourth-order valence-corrected chi connectivity index (χ4v) is 5.34. The second-order valence-corrected chi connectivity index (χ2v) is 10.00. The summed E-state index contributed by atoms with van der Waals surface area (Å²) in [5.74, 6) is -1.13. The van der Waals surface area contributed by atoms with Crippen LogP contribution in [-0.2, 0) is 22.2 Å². The van der Waals surface area contributed by atoms with Gasteiger partial charge in [-0.2, -0.15) is 13.2 Å². The predicted molar refractivity (Wildman–Crippen MR) is 136 cm³/mol. The van der Waals surface area contributed by atoms with Gasteiger partial charge in [0.25, 0.3) is 5.91 Å². The maximum atomic E-state index is 12.9. The molecule has 3 amide bonds. The summed E-state index contributed by atoms with van der Waals surface area (Å²) in [5.41, 5.74) is -0.100. The molecule has 1 aliphatic carbocycles. The van der Waals surface area contributed by atoms with Crippen LogP contribution in [0.5, 0.6) is 0 Å². The number of likely N-dealkylation sites (tertiary alicyclic amines) is 1. The standard InChI is InChI=1S/C28H33F3N4O3/c29-28(30,31)21-10-6-9-20(16-21)27(38)32-17-26(37)33-22-13-14-35(18-22)24-12-5-4-11-23(24)34-25(36)15-19-7-2-1-3-8-19/h1-3,6-10,16,22-24H,4-5,11-15,17-18H2,(H,32,38)(H,33,37)(H,34,36)/t22-,23?,24+/m1/s1. The lowest BCUT2D eigenvalue weighted by atomic mass is 9.89. The van der Waals surface area contributed by atoms with Crippen molar-refractivity contribution in [2.24, 2.45) is 0 Å². The van der Waals surface area contributed by atoms with E-state index >= 15 is 0 Å². The molecule has 1 saturated carbocycles. The van der Waals surface area contributed by atoms with E-state index < -0.39 is 23.6 Å². The molecular formula is C28H33F3N4O3. The van der Waals surface area contributed by atoms with Crippen molar-refractivity contribution in [3.63, 3.8) is 0 Å². The quantitative estimate of drug-likeness (QED) is 0.489. The van der Waals surface area contributed by atoms with E-state index in [1.807, 2.05) is 30.3 Å². The molecule has 1 heterocycles. The van der Waals surface area contributed by atoms with Crippen LogP contribution in [0.25, 0.3) is 0 Å². The third-order valence-electron chi connectivity index (χ3n) is 7.20. The van der Waals surface area contributed by atoms with E-state index in [-0.39, 0.29) is 36.1 Å². The Bertz CT molecular complexity index is 1130. The molecule has 1 unspecified atom stereocenters. The number of halogens is 3. The first-order valence-electron chi connectivity index (χ1n) is 13.0. The summed E-state index contributed by atoms with van der Waals surface area (Å²) in [5, 5.41) is 8.54. The van der Waals surface area contributed by atoms with Crippen molar-refractivity contribution in [2.75, 3.05) is 19.6 Å². The van der Waals surface area contributed by atoms with Gasteiger partial charge in [-0.05, 0) is 43.0 Å². The van der Waals surface area contributed by atoms with Gasteiger partial charge >= 0.3 is 6.18 Å². The van der Waals surface area contributed by atoms with Crippen LogP contribution in [0.2, 0.25) is 0 Å². The summed E-state index contributed by atoms with van der Waals surface area (Å²) in [4.78, 5) is 39.7. The smallest absolute Gasteiger partial charge is 0.352 e. The van der Waals surface area contributed by atoms with Gasteiger partial charge < -0.3 is 16.0 Å². The first-order chi connectivity index (χ1) is 18.2. The number of alkyl halides is 3. The first-order valence-corrected chi connectivity index (χ1v) is 13.0. The molecule has 3 N–H and O–H groups in total. The molecule has 0 radical (unpaired) electrons. The van der Waals surface area contributed by atoms with Crippen LogP contribution in [0.15, 0.2) is 54.6 Å². The molecule has 10 heteroatoms. The number of benzene rings is 2. The molecule has 2 aromatic rings. The molecule has 3 atom stereocenters. The highest BCUT2D eigenvalue weighted by molar-refractivity contribution is 5.96. The van der Waals surface area contributed by atoms with Crippen LogP contribution < -0.4 is 16.0 Å². The van der Waals surface area contributed by atoms with E-state index in [1.165, 1.54) is 6.07 Å². The van der Waals surface area contributed by atoms with Gasteiger partial charge in [-0.25, -0.2) is 0 Å². The van der Waals surface area contributed by atoms with Gasteiger partial charge in [0.15, 0.2) is 0 Å². The predicted octanol–water partition coefficient (Wildman–Crippen LogP) is 3.30. The van der Waals surface area contributed by atoms with Crippen molar-refractivity contribution in [1.29, 1.82) is 0 Å². The Kier molecular flexibility index (Phi) is 9.04. The maximum Gasteiger partial charge on any atom is 0.416 e. The lowest BCUT2D eigenvalue weighted by molar-refractivity contribution is -0.137. The molecule has 7 nitrogen and oxygen atoms in total. The zero-order valence-corrected chi connectivity index (χ0v) is 21.1. The summed E-state index contributed by atoms with van der Waals surface area (Å²) in [6.07, 6.45) is 0.578. The summed E-state index contributed by atoms with van der Waals surface area (Å²) < 4.78 is 38.7.